The molecule has 6 heteroatoms. The summed E-state index contributed by atoms with van der Waals surface area (Å²) < 4.78 is 11.3. The highest BCUT2D eigenvalue weighted by Crippen LogP contribution is 2.39. The van der Waals surface area contributed by atoms with E-state index >= 15 is 0 Å². The number of rotatable bonds is 7. The molecule has 2 N–H and O–H groups in total. The summed E-state index contributed by atoms with van der Waals surface area (Å²) in [5.41, 5.74) is 0.987. The van der Waals surface area contributed by atoms with Crippen LogP contribution in [0.2, 0.25) is 0 Å². The lowest BCUT2D eigenvalue weighted by Gasteiger charge is -2.20. The SMILES string of the molecule is CC1(C)Oc2ccc(CCC(=O)N(CCO)CCO)cc2O1. The van der Waals surface area contributed by atoms with Crippen molar-refractivity contribution in [2.75, 3.05) is 26.3 Å². The van der Waals surface area contributed by atoms with Crippen molar-refractivity contribution in [1.29, 1.82) is 0 Å². The molecule has 1 aromatic carbocycles. The number of carbonyl (C=O) groups excluding carboxylic acids is 1. The van der Waals surface area contributed by atoms with Gasteiger partial charge in [0.05, 0.1) is 13.2 Å². The number of hydrogen-bond acceptors (Lipinski definition) is 5. The van der Waals surface area contributed by atoms with Crippen molar-refractivity contribution in [3.8, 4) is 11.5 Å². The van der Waals surface area contributed by atoms with Gasteiger partial charge in [0.1, 0.15) is 0 Å². The molecule has 0 aromatic heterocycles. The lowest BCUT2D eigenvalue weighted by molar-refractivity contribution is -0.132. The summed E-state index contributed by atoms with van der Waals surface area (Å²) in [4.78, 5) is 13.5. The summed E-state index contributed by atoms with van der Waals surface area (Å²) in [6, 6.07) is 5.65. The Balaban J connectivity index is 1.94. The number of hydrogen-bond donors (Lipinski definition) is 2. The van der Waals surface area contributed by atoms with E-state index in [1.54, 1.807) is 0 Å². The lowest BCUT2D eigenvalue weighted by Crippen LogP contribution is -2.35. The van der Waals surface area contributed by atoms with Crippen LogP contribution in [0.5, 0.6) is 11.5 Å². The Labute approximate surface area is 130 Å². The van der Waals surface area contributed by atoms with E-state index in [0.29, 0.717) is 24.3 Å². The normalized spacial score (nSPS) is 14.9. The van der Waals surface area contributed by atoms with E-state index in [4.69, 9.17) is 19.7 Å². The molecule has 1 aliphatic heterocycles. The van der Waals surface area contributed by atoms with Gasteiger partial charge in [-0.2, -0.15) is 0 Å². The summed E-state index contributed by atoms with van der Waals surface area (Å²) in [7, 11) is 0. The number of amides is 1. The summed E-state index contributed by atoms with van der Waals surface area (Å²) in [6.45, 7) is 3.97. The predicted molar refractivity (Wildman–Crippen MR) is 80.8 cm³/mol. The number of fused-ring (bicyclic) bond motifs is 1. The molecule has 0 aliphatic carbocycles. The molecule has 0 radical (unpaired) electrons. The van der Waals surface area contributed by atoms with E-state index in [-0.39, 0.29) is 32.2 Å². The van der Waals surface area contributed by atoms with Gasteiger partial charge < -0.3 is 24.6 Å². The van der Waals surface area contributed by atoms with Crippen LogP contribution in [0.1, 0.15) is 25.8 Å². The Bertz CT molecular complexity index is 523. The van der Waals surface area contributed by atoms with Gasteiger partial charge in [-0.3, -0.25) is 4.79 Å². The Morgan fingerprint density at radius 3 is 2.41 bits per heavy atom. The fourth-order valence-corrected chi connectivity index (χ4v) is 2.43. The molecule has 2 rings (SSSR count). The van der Waals surface area contributed by atoms with Gasteiger partial charge in [-0.25, -0.2) is 0 Å². The molecular formula is C16H23NO5. The summed E-state index contributed by atoms with van der Waals surface area (Å²) in [6.07, 6.45) is 0.895. The first-order valence-electron chi connectivity index (χ1n) is 7.45. The van der Waals surface area contributed by atoms with E-state index in [1.807, 2.05) is 32.0 Å². The maximum atomic E-state index is 12.1. The van der Waals surface area contributed by atoms with Gasteiger partial charge in [0.2, 0.25) is 11.7 Å². The molecule has 0 saturated carbocycles. The maximum Gasteiger partial charge on any atom is 0.246 e. The van der Waals surface area contributed by atoms with Crippen molar-refractivity contribution >= 4 is 5.91 Å². The summed E-state index contributed by atoms with van der Waals surface area (Å²) in [5.74, 6) is 0.663. The number of nitrogens with zero attached hydrogens (tertiary/aromatic N) is 1. The van der Waals surface area contributed by atoms with Gasteiger partial charge in [0, 0.05) is 33.4 Å². The van der Waals surface area contributed by atoms with Crippen molar-refractivity contribution in [1.82, 2.24) is 4.90 Å². The molecule has 1 aliphatic rings. The monoisotopic (exact) mass is 309 g/mol. The molecule has 0 unspecified atom stereocenters. The number of carbonyl (C=O) groups is 1. The Hall–Kier alpha value is -1.79. The second kappa shape index (κ2) is 6.98. The van der Waals surface area contributed by atoms with E-state index in [1.165, 1.54) is 4.90 Å². The molecule has 6 nitrogen and oxygen atoms in total. The van der Waals surface area contributed by atoms with E-state index in [9.17, 15) is 4.79 Å². The average Bonchev–Trinajstić information content (AvgIpc) is 2.77. The summed E-state index contributed by atoms with van der Waals surface area (Å²) in [5, 5.41) is 17.9. The molecule has 1 aromatic rings. The van der Waals surface area contributed by atoms with Crippen molar-refractivity contribution in [3.05, 3.63) is 23.8 Å². The molecule has 0 atom stereocenters. The van der Waals surface area contributed by atoms with Gasteiger partial charge >= 0.3 is 0 Å². The molecule has 0 bridgehead atoms. The first-order valence-corrected chi connectivity index (χ1v) is 7.45. The molecule has 0 fully saturated rings. The standard InChI is InChI=1S/C16H23NO5/c1-16(2)21-13-5-3-12(11-14(13)22-16)4-6-15(20)17(7-9-18)8-10-19/h3,5,11,18-19H,4,6-10H2,1-2H3. The van der Waals surface area contributed by atoms with Crippen LogP contribution in [0.25, 0.3) is 0 Å². The molecule has 0 spiro atoms. The van der Waals surface area contributed by atoms with Gasteiger partial charge in [-0.05, 0) is 24.1 Å². The van der Waals surface area contributed by atoms with Crippen LogP contribution in [0.4, 0.5) is 0 Å². The van der Waals surface area contributed by atoms with Gasteiger partial charge in [0.25, 0.3) is 0 Å². The zero-order valence-corrected chi connectivity index (χ0v) is 13.0. The fraction of sp³-hybridized carbons (Fsp3) is 0.562. The Morgan fingerprint density at radius 1 is 1.14 bits per heavy atom. The minimum absolute atomic E-state index is 0.0823. The number of benzene rings is 1. The van der Waals surface area contributed by atoms with Crippen LogP contribution in [0.3, 0.4) is 0 Å². The second-order valence-electron chi connectivity index (χ2n) is 5.71. The highest BCUT2D eigenvalue weighted by atomic mass is 16.7. The van der Waals surface area contributed by atoms with Crippen LogP contribution >= 0.6 is 0 Å². The number of ether oxygens (including phenoxy) is 2. The van der Waals surface area contributed by atoms with Crippen LogP contribution in [0.15, 0.2) is 18.2 Å². The number of aliphatic hydroxyl groups excluding tert-OH is 2. The zero-order chi connectivity index (χ0) is 16.2. The maximum absolute atomic E-state index is 12.1. The highest BCUT2D eigenvalue weighted by Gasteiger charge is 2.31. The molecule has 122 valence electrons. The minimum Gasteiger partial charge on any atom is -0.449 e. The Kier molecular flexibility index (Phi) is 5.26. The van der Waals surface area contributed by atoms with Crippen LogP contribution < -0.4 is 9.47 Å². The zero-order valence-electron chi connectivity index (χ0n) is 13.0. The van der Waals surface area contributed by atoms with Crippen LogP contribution in [-0.4, -0.2) is 53.1 Å². The minimum atomic E-state index is -0.657. The fourth-order valence-electron chi connectivity index (χ4n) is 2.43. The summed E-state index contributed by atoms with van der Waals surface area (Å²) >= 11 is 0. The third-order valence-electron chi connectivity index (χ3n) is 3.44. The third kappa shape index (κ3) is 4.11. The first kappa shape index (κ1) is 16.6. The first-order chi connectivity index (χ1) is 10.4. The molecular weight excluding hydrogens is 286 g/mol. The van der Waals surface area contributed by atoms with E-state index in [0.717, 1.165) is 5.56 Å². The van der Waals surface area contributed by atoms with Gasteiger partial charge in [-0.1, -0.05) is 6.07 Å². The lowest BCUT2D eigenvalue weighted by atomic mass is 10.1. The van der Waals surface area contributed by atoms with E-state index in [2.05, 4.69) is 0 Å². The van der Waals surface area contributed by atoms with Crippen molar-refractivity contribution in [2.45, 2.75) is 32.5 Å². The predicted octanol–water partition coefficient (Wildman–Crippen LogP) is 0.940. The topological polar surface area (TPSA) is 79.2 Å². The second-order valence-corrected chi connectivity index (χ2v) is 5.71. The van der Waals surface area contributed by atoms with Gasteiger partial charge in [-0.15, -0.1) is 0 Å². The molecule has 0 saturated heterocycles. The van der Waals surface area contributed by atoms with Crippen molar-refractivity contribution in [3.63, 3.8) is 0 Å². The third-order valence-corrected chi connectivity index (χ3v) is 3.44. The highest BCUT2D eigenvalue weighted by molar-refractivity contribution is 5.76. The van der Waals surface area contributed by atoms with E-state index < -0.39 is 5.79 Å². The van der Waals surface area contributed by atoms with Crippen LogP contribution in [0, 0.1) is 0 Å². The quantitative estimate of drug-likeness (QED) is 0.783. The molecule has 1 amide bonds. The van der Waals surface area contributed by atoms with Crippen LogP contribution in [-0.2, 0) is 11.2 Å². The Morgan fingerprint density at radius 2 is 1.77 bits per heavy atom. The number of aryl methyl sites for hydroxylation is 1. The molecule has 22 heavy (non-hydrogen) atoms. The smallest absolute Gasteiger partial charge is 0.246 e. The number of aliphatic hydroxyl groups is 2. The van der Waals surface area contributed by atoms with Crippen molar-refractivity contribution in [2.24, 2.45) is 0 Å². The van der Waals surface area contributed by atoms with Crippen molar-refractivity contribution < 1.29 is 24.5 Å². The average molecular weight is 309 g/mol. The van der Waals surface area contributed by atoms with Gasteiger partial charge in [0.15, 0.2) is 11.5 Å². The largest absolute Gasteiger partial charge is 0.449 e. The molecule has 1 heterocycles.